The molecule has 2 fully saturated rings. The number of hydrogen-bond donors (Lipinski definition) is 0. The molecule has 1 aromatic carbocycles. The maximum Gasteiger partial charge on any atom is 0.422 e. The van der Waals surface area contributed by atoms with Crippen LogP contribution in [-0.2, 0) is 15.7 Å². The second kappa shape index (κ2) is 13.9. The van der Waals surface area contributed by atoms with Crippen LogP contribution in [0.15, 0.2) is 24.3 Å². The van der Waals surface area contributed by atoms with Crippen molar-refractivity contribution in [2.24, 2.45) is 23.7 Å². The third-order valence-electron chi connectivity index (χ3n) is 9.11. The van der Waals surface area contributed by atoms with Gasteiger partial charge in [0.15, 0.2) is 0 Å². The molecule has 2 atom stereocenters. The van der Waals surface area contributed by atoms with Crippen LogP contribution in [0.4, 0.5) is 48.3 Å². The number of benzene rings is 1. The van der Waals surface area contributed by atoms with Crippen LogP contribution in [0, 0.1) is 35.3 Å². The zero-order chi connectivity index (χ0) is 33.2. The molecule has 1 aromatic rings. The van der Waals surface area contributed by atoms with Gasteiger partial charge in [-0.1, -0.05) is 31.9 Å². The fourth-order valence-corrected chi connectivity index (χ4v) is 6.61. The average molecular weight is 667 g/mol. The number of hydrogen-bond acceptors (Lipinski definition) is 3. The smallest absolute Gasteiger partial charge is 0.422 e. The fraction of sp³-hybridized carbons (Fsp3) is 0.742. The van der Waals surface area contributed by atoms with Gasteiger partial charge in [-0.05, 0) is 70.1 Å². The van der Waals surface area contributed by atoms with Crippen LogP contribution in [0.1, 0.15) is 89.5 Å². The SMILES string of the molecule is CCCC1CCC(C(F)(F)OC2C=CC(C(F)(F)OC3CCC(C(F)(F)Oc4cc(F)c(C(F)(F)F)c(F)c4)CC3)CC2)CC1. The van der Waals surface area contributed by atoms with Crippen LogP contribution in [0.5, 0.6) is 5.75 Å². The van der Waals surface area contributed by atoms with E-state index in [9.17, 15) is 48.3 Å². The van der Waals surface area contributed by atoms with E-state index in [4.69, 9.17) is 9.47 Å². The molecule has 0 N–H and O–H groups in total. The average Bonchev–Trinajstić information content (AvgIpc) is 2.92. The second-order valence-electron chi connectivity index (χ2n) is 12.4. The Morgan fingerprint density at radius 2 is 1.20 bits per heavy atom. The van der Waals surface area contributed by atoms with E-state index in [-0.39, 0.29) is 50.7 Å². The van der Waals surface area contributed by atoms with Crippen molar-refractivity contribution in [3.63, 3.8) is 0 Å². The summed E-state index contributed by atoms with van der Waals surface area (Å²) in [7, 11) is 0. The maximum atomic E-state index is 15.0. The van der Waals surface area contributed by atoms with Gasteiger partial charge in [0.05, 0.1) is 30.0 Å². The second-order valence-corrected chi connectivity index (χ2v) is 12.4. The molecule has 0 amide bonds. The molecule has 0 spiro atoms. The molecule has 14 heteroatoms. The molecule has 4 rings (SSSR count). The zero-order valence-electron chi connectivity index (χ0n) is 24.6. The van der Waals surface area contributed by atoms with Crippen molar-refractivity contribution in [1.29, 1.82) is 0 Å². The van der Waals surface area contributed by atoms with Gasteiger partial charge in [0.2, 0.25) is 0 Å². The summed E-state index contributed by atoms with van der Waals surface area (Å²) in [5.74, 6) is -8.92. The van der Waals surface area contributed by atoms with E-state index >= 15 is 0 Å². The molecule has 2 saturated carbocycles. The molecule has 0 radical (unpaired) electrons. The highest BCUT2D eigenvalue weighted by Gasteiger charge is 2.49. The molecule has 3 aliphatic carbocycles. The summed E-state index contributed by atoms with van der Waals surface area (Å²) in [6.45, 7) is 2.05. The van der Waals surface area contributed by atoms with Gasteiger partial charge in [0, 0.05) is 12.1 Å². The fourth-order valence-electron chi connectivity index (χ4n) is 6.61. The lowest BCUT2D eigenvalue weighted by atomic mass is 9.79. The van der Waals surface area contributed by atoms with Crippen LogP contribution in [0.25, 0.3) is 0 Å². The van der Waals surface area contributed by atoms with E-state index in [2.05, 4.69) is 11.7 Å². The first kappa shape index (κ1) is 35.8. The third kappa shape index (κ3) is 9.04. The van der Waals surface area contributed by atoms with Crippen molar-refractivity contribution in [3.05, 3.63) is 41.5 Å². The van der Waals surface area contributed by atoms with Gasteiger partial charge >= 0.3 is 24.5 Å². The molecule has 256 valence electrons. The summed E-state index contributed by atoms with van der Waals surface area (Å²) in [4.78, 5) is 0. The first-order chi connectivity index (χ1) is 20.9. The Morgan fingerprint density at radius 1 is 0.644 bits per heavy atom. The van der Waals surface area contributed by atoms with Crippen molar-refractivity contribution >= 4 is 0 Å². The summed E-state index contributed by atoms with van der Waals surface area (Å²) in [5.41, 5.74) is -2.24. The van der Waals surface area contributed by atoms with Crippen molar-refractivity contribution in [2.75, 3.05) is 0 Å². The van der Waals surface area contributed by atoms with Gasteiger partial charge in [0.25, 0.3) is 0 Å². The number of ether oxygens (including phenoxy) is 3. The lowest BCUT2D eigenvalue weighted by Crippen LogP contribution is -2.42. The van der Waals surface area contributed by atoms with Crippen LogP contribution in [0.2, 0.25) is 0 Å². The van der Waals surface area contributed by atoms with Crippen LogP contribution >= 0.6 is 0 Å². The van der Waals surface area contributed by atoms with Crippen LogP contribution in [-0.4, -0.2) is 30.5 Å². The first-order valence-corrected chi connectivity index (χ1v) is 15.3. The summed E-state index contributed by atoms with van der Waals surface area (Å²) in [6, 6.07) is 0.00422. The highest BCUT2D eigenvalue weighted by molar-refractivity contribution is 5.32. The lowest BCUT2D eigenvalue weighted by Gasteiger charge is -2.37. The lowest BCUT2D eigenvalue weighted by molar-refractivity contribution is -0.303. The largest absolute Gasteiger partial charge is 0.432 e. The van der Waals surface area contributed by atoms with Crippen LogP contribution < -0.4 is 4.74 Å². The summed E-state index contributed by atoms with van der Waals surface area (Å²) < 4.78 is 169. The minimum absolute atomic E-state index is 0.00211. The Hall–Kier alpha value is -2.09. The van der Waals surface area contributed by atoms with Crippen molar-refractivity contribution in [3.8, 4) is 5.75 Å². The minimum Gasteiger partial charge on any atom is -0.432 e. The maximum absolute atomic E-state index is 15.0. The molecule has 0 saturated heterocycles. The molecule has 3 nitrogen and oxygen atoms in total. The summed E-state index contributed by atoms with van der Waals surface area (Å²) >= 11 is 0. The van der Waals surface area contributed by atoms with Gasteiger partial charge in [-0.2, -0.15) is 39.5 Å². The van der Waals surface area contributed by atoms with E-state index in [1.165, 1.54) is 6.08 Å². The minimum atomic E-state index is -5.39. The molecule has 45 heavy (non-hydrogen) atoms. The molecule has 2 unspecified atom stereocenters. The van der Waals surface area contributed by atoms with E-state index in [1.54, 1.807) is 0 Å². The standard InChI is InChI=1S/C31H37F11O3/c1-2-3-18-4-6-19(7-5-18)29(37,38)43-22-12-8-20(9-13-22)30(39,40)44-23-14-10-21(11-15-23)31(41,42)45-24-16-25(32)27(26(33)17-24)28(34,35)36/h8,12,16-23H,2-7,9-11,13-15H2,1H3. The predicted molar refractivity (Wildman–Crippen MR) is 141 cm³/mol. The third-order valence-corrected chi connectivity index (χ3v) is 9.11. The van der Waals surface area contributed by atoms with E-state index in [0.29, 0.717) is 31.6 Å². The Bertz CT molecular complexity index is 1130. The summed E-state index contributed by atoms with van der Waals surface area (Å²) in [6.07, 6.45) is -13.9. The van der Waals surface area contributed by atoms with Gasteiger partial charge in [-0.15, -0.1) is 0 Å². The molecule has 0 heterocycles. The highest BCUT2D eigenvalue weighted by atomic mass is 19.4. The van der Waals surface area contributed by atoms with Gasteiger partial charge in [0.1, 0.15) is 22.9 Å². The van der Waals surface area contributed by atoms with Crippen molar-refractivity contribution in [1.82, 2.24) is 0 Å². The Balaban J connectivity index is 1.25. The number of halogens is 11. The predicted octanol–water partition coefficient (Wildman–Crippen LogP) is 10.7. The molecular formula is C31H37F11O3. The van der Waals surface area contributed by atoms with Crippen molar-refractivity contribution in [2.45, 2.75) is 121 Å². The first-order valence-electron chi connectivity index (χ1n) is 15.3. The number of alkyl halides is 9. The summed E-state index contributed by atoms with van der Waals surface area (Å²) in [5, 5.41) is 0. The number of rotatable bonds is 11. The molecule has 3 aliphatic rings. The van der Waals surface area contributed by atoms with E-state index in [0.717, 1.165) is 18.9 Å². The van der Waals surface area contributed by atoms with Gasteiger partial charge in [-0.25, -0.2) is 8.78 Å². The molecular weight excluding hydrogens is 629 g/mol. The quantitative estimate of drug-likeness (QED) is 0.174. The Morgan fingerprint density at radius 3 is 1.71 bits per heavy atom. The normalized spacial score (nSPS) is 28.7. The molecule has 0 aromatic heterocycles. The van der Waals surface area contributed by atoms with Gasteiger partial charge < -0.3 is 14.2 Å². The Kier molecular flexibility index (Phi) is 11.1. The molecule has 0 bridgehead atoms. The van der Waals surface area contributed by atoms with E-state index < -0.39 is 77.4 Å². The monoisotopic (exact) mass is 666 g/mol. The Labute approximate surface area is 254 Å². The van der Waals surface area contributed by atoms with Crippen molar-refractivity contribution < 1.29 is 62.5 Å². The molecule has 0 aliphatic heterocycles. The highest BCUT2D eigenvalue weighted by Crippen LogP contribution is 2.45. The zero-order valence-corrected chi connectivity index (χ0v) is 24.6. The van der Waals surface area contributed by atoms with Gasteiger partial charge in [-0.3, -0.25) is 0 Å². The van der Waals surface area contributed by atoms with Crippen LogP contribution in [0.3, 0.4) is 0 Å². The van der Waals surface area contributed by atoms with E-state index in [1.807, 2.05) is 0 Å². The topological polar surface area (TPSA) is 27.7 Å².